The summed E-state index contributed by atoms with van der Waals surface area (Å²) in [6, 6.07) is 7.86. The first-order valence-corrected chi connectivity index (χ1v) is 4.90. The van der Waals surface area contributed by atoms with Gasteiger partial charge in [-0.2, -0.15) is 0 Å². The Labute approximate surface area is 81.2 Å². The van der Waals surface area contributed by atoms with Gasteiger partial charge in [0.05, 0.1) is 6.61 Å². The molecule has 0 amide bonds. The van der Waals surface area contributed by atoms with Gasteiger partial charge in [-0.1, -0.05) is 40.7 Å². The average Bonchev–Trinajstić information content (AvgIpc) is 2.15. The minimum absolute atomic E-state index is 0.695. The van der Waals surface area contributed by atoms with Crippen LogP contribution in [0.3, 0.4) is 0 Å². The summed E-state index contributed by atoms with van der Waals surface area (Å²) >= 11 is 3.30. The highest BCUT2D eigenvalue weighted by Crippen LogP contribution is 2.13. The molecule has 0 unspecified atom stereocenters. The van der Waals surface area contributed by atoms with Crippen molar-refractivity contribution in [1.29, 1.82) is 0 Å². The molecule has 0 aromatic heterocycles. The van der Waals surface area contributed by atoms with Gasteiger partial charge < -0.3 is 4.74 Å². The van der Waals surface area contributed by atoms with E-state index in [1.165, 1.54) is 0 Å². The fourth-order valence-electron chi connectivity index (χ4n) is 0.888. The van der Waals surface area contributed by atoms with Gasteiger partial charge >= 0.3 is 0 Å². The van der Waals surface area contributed by atoms with E-state index >= 15 is 0 Å². The molecule has 0 saturated carbocycles. The normalized spacial score (nSPS) is 9.42. The van der Waals surface area contributed by atoms with Crippen molar-refractivity contribution in [2.45, 2.75) is 0 Å². The maximum absolute atomic E-state index is 5.40. The van der Waals surface area contributed by atoms with Crippen LogP contribution in [0, 0.1) is 0 Å². The number of hydrogen-bond acceptors (Lipinski definition) is 1. The van der Waals surface area contributed by atoms with Crippen molar-refractivity contribution in [2.75, 3.05) is 11.9 Å². The first kappa shape index (κ1) is 9.33. The standard InChI is InChI=1S/C10H11BrO/c1-2-9-4-3-5-10(8-9)12-7-6-11/h2-5,8H,1,6-7H2. The van der Waals surface area contributed by atoms with E-state index in [0.717, 1.165) is 16.6 Å². The van der Waals surface area contributed by atoms with Crippen LogP contribution in [0.25, 0.3) is 6.08 Å². The monoisotopic (exact) mass is 226 g/mol. The molecule has 1 aromatic rings. The van der Waals surface area contributed by atoms with E-state index in [4.69, 9.17) is 4.74 Å². The van der Waals surface area contributed by atoms with Crippen molar-refractivity contribution in [3.05, 3.63) is 36.4 Å². The second-order valence-corrected chi connectivity index (χ2v) is 3.11. The minimum atomic E-state index is 0.695. The lowest BCUT2D eigenvalue weighted by Crippen LogP contribution is -1.97. The van der Waals surface area contributed by atoms with Crippen molar-refractivity contribution >= 4 is 22.0 Å². The molecule has 64 valence electrons. The van der Waals surface area contributed by atoms with Crippen molar-refractivity contribution in [1.82, 2.24) is 0 Å². The van der Waals surface area contributed by atoms with Gasteiger partial charge in [-0.15, -0.1) is 0 Å². The van der Waals surface area contributed by atoms with Gasteiger partial charge in [0.15, 0.2) is 0 Å². The topological polar surface area (TPSA) is 9.23 Å². The van der Waals surface area contributed by atoms with Gasteiger partial charge in [-0.05, 0) is 17.7 Å². The Balaban J connectivity index is 2.66. The molecule has 1 aromatic carbocycles. The Hall–Kier alpha value is -0.760. The molecule has 0 saturated heterocycles. The fourth-order valence-corrected chi connectivity index (χ4v) is 1.05. The van der Waals surface area contributed by atoms with Crippen molar-refractivity contribution in [2.24, 2.45) is 0 Å². The largest absolute Gasteiger partial charge is 0.493 e. The number of benzene rings is 1. The molecule has 0 radical (unpaired) electrons. The highest BCUT2D eigenvalue weighted by atomic mass is 79.9. The highest BCUT2D eigenvalue weighted by Gasteiger charge is 1.92. The number of ether oxygens (including phenoxy) is 1. The summed E-state index contributed by atoms with van der Waals surface area (Å²) in [6.07, 6.45) is 1.81. The van der Waals surface area contributed by atoms with E-state index in [1.807, 2.05) is 24.3 Å². The van der Waals surface area contributed by atoms with Crippen molar-refractivity contribution in [3.8, 4) is 5.75 Å². The molecule has 0 aliphatic carbocycles. The molecule has 0 aliphatic rings. The van der Waals surface area contributed by atoms with Crippen LogP contribution in [0.2, 0.25) is 0 Å². The second-order valence-electron chi connectivity index (χ2n) is 2.31. The molecule has 2 heteroatoms. The van der Waals surface area contributed by atoms with Crippen LogP contribution in [-0.4, -0.2) is 11.9 Å². The van der Waals surface area contributed by atoms with Crippen LogP contribution >= 0.6 is 15.9 Å². The van der Waals surface area contributed by atoms with Crippen molar-refractivity contribution < 1.29 is 4.74 Å². The Morgan fingerprint density at radius 1 is 1.50 bits per heavy atom. The maximum Gasteiger partial charge on any atom is 0.119 e. The van der Waals surface area contributed by atoms with Crippen molar-refractivity contribution in [3.63, 3.8) is 0 Å². The van der Waals surface area contributed by atoms with E-state index in [0.29, 0.717) is 6.61 Å². The molecule has 0 heterocycles. The zero-order valence-corrected chi connectivity index (χ0v) is 8.38. The molecule has 0 fully saturated rings. The molecule has 1 nitrogen and oxygen atoms in total. The van der Waals surface area contributed by atoms with Crippen LogP contribution in [0.1, 0.15) is 5.56 Å². The molecule has 0 atom stereocenters. The van der Waals surface area contributed by atoms with Gasteiger partial charge in [0, 0.05) is 5.33 Å². The predicted octanol–water partition coefficient (Wildman–Crippen LogP) is 3.10. The lowest BCUT2D eigenvalue weighted by atomic mass is 10.2. The number of rotatable bonds is 4. The third-order valence-electron chi connectivity index (χ3n) is 1.44. The summed E-state index contributed by atoms with van der Waals surface area (Å²) < 4.78 is 5.40. The lowest BCUT2D eigenvalue weighted by molar-refractivity contribution is 0.345. The third kappa shape index (κ3) is 2.70. The first-order valence-electron chi connectivity index (χ1n) is 3.78. The van der Waals surface area contributed by atoms with Crippen LogP contribution in [0.15, 0.2) is 30.8 Å². The lowest BCUT2D eigenvalue weighted by Gasteiger charge is -2.03. The van der Waals surface area contributed by atoms with E-state index in [9.17, 15) is 0 Å². The van der Waals surface area contributed by atoms with Gasteiger partial charge in [-0.25, -0.2) is 0 Å². The van der Waals surface area contributed by atoms with Crippen LogP contribution in [-0.2, 0) is 0 Å². The van der Waals surface area contributed by atoms with Crippen LogP contribution < -0.4 is 4.74 Å². The van der Waals surface area contributed by atoms with E-state index in [-0.39, 0.29) is 0 Å². The SMILES string of the molecule is C=Cc1cccc(OCCBr)c1. The van der Waals surface area contributed by atoms with E-state index in [1.54, 1.807) is 6.08 Å². The van der Waals surface area contributed by atoms with E-state index < -0.39 is 0 Å². The summed E-state index contributed by atoms with van der Waals surface area (Å²) in [5.41, 5.74) is 1.09. The summed E-state index contributed by atoms with van der Waals surface area (Å²) in [4.78, 5) is 0. The molecule has 0 N–H and O–H groups in total. The molecular formula is C10H11BrO. The molecular weight excluding hydrogens is 216 g/mol. The fraction of sp³-hybridized carbons (Fsp3) is 0.200. The van der Waals surface area contributed by atoms with Gasteiger partial charge in [-0.3, -0.25) is 0 Å². The molecule has 12 heavy (non-hydrogen) atoms. The average molecular weight is 227 g/mol. The second kappa shape index (κ2) is 4.99. The maximum atomic E-state index is 5.40. The zero-order valence-electron chi connectivity index (χ0n) is 6.79. The summed E-state index contributed by atoms with van der Waals surface area (Å²) in [7, 11) is 0. The molecule has 0 spiro atoms. The smallest absolute Gasteiger partial charge is 0.119 e. The quantitative estimate of drug-likeness (QED) is 0.718. The minimum Gasteiger partial charge on any atom is -0.493 e. The molecule has 0 bridgehead atoms. The Kier molecular flexibility index (Phi) is 3.88. The Bertz CT molecular complexity index is 258. The summed E-state index contributed by atoms with van der Waals surface area (Å²) in [5, 5.41) is 0.852. The molecule has 1 rings (SSSR count). The summed E-state index contributed by atoms with van der Waals surface area (Å²) in [5.74, 6) is 0.895. The summed E-state index contributed by atoms with van der Waals surface area (Å²) in [6.45, 7) is 4.38. The number of alkyl halides is 1. The van der Waals surface area contributed by atoms with E-state index in [2.05, 4.69) is 22.5 Å². The van der Waals surface area contributed by atoms with Gasteiger partial charge in [0.1, 0.15) is 5.75 Å². The molecule has 0 aliphatic heterocycles. The zero-order chi connectivity index (χ0) is 8.81. The Morgan fingerprint density at radius 3 is 3.00 bits per heavy atom. The van der Waals surface area contributed by atoms with Gasteiger partial charge in [0.2, 0.25) is 0 Å². The predicted molar refractivity (Wildman–Crippen MR) is 55.8 cm³/mol. The first-order chi connectivity index (χ1) is 5.86. The van der Waals surface area contributed by atoms with Crippen LogP contribution in [0.4, 0.5) is 0 Å². The Morgan fingerprint density at radius 2 is 2.33 bits per heavy atom. The highest BCUT2D eigenvalue weighted by molar-refractivity contribution is 9.09. The number of hydrogen-bond donors (Lipinski definition) is 0. The van der Waals surface area contributed by atoms with Gasteiger partial charge in [0.25, 0.3) is 0 Å². The van der Waals surface area contributed by atoms with Crippen LogP contribution in [0.5, 0.6) is 5.75 Å². The number of halogens is 1. The third-order valence-corrected chi connectivity index (χ3v) is 1.76.